The van der Waals surface area contributed by atoms with Crippen LogP contribution in [0.2, 0.25) is 0 Å². The summed E-state index contributed by atoms with van der Waals surface area (Å²) in [5, 5.41) is 7.82. The summed E-state index contributed by atoms with van der Waals surface area (Å²) in [4.78, 5) is 0. The molecule has 0 atom stereocenters. The summed E-state index contributed by atoms with van der Waals surface area (Å²) in [5.74, 6) is 1.10. The van der Waals surface area contributed by atoms with Crippen molar-refractivity contribution < 1.29 is 4.74 Å². The topological polar surface area (TPSA) is 39.1 Å². The van der Waals surface area contributed by atoms with E-state index in [4.69, 9.17) is 4.74 Å². The zero-order valence-corrected chi connectivity index (χ0v) is 12.7. The van der Waals surface area contributed by atoms with Crippen molar-refractivity contribution in [2.75, 3.05) is 26.0 Å². The maximum Gasteiger partial charge on any atom is 0.0762 e. The molecule has 1 aromatic rings. The Bertz CT molecular complexity index is 333. The average Bonchev–Trinajstić information content (AvgIpc) is 2.71. The molecule has 0 saturated carbocycles. The number of thioether (sulfide) groups is 1. The van der Waals surface area contributed by atoms with E-state index < -0.39 is 0 Å². The highest BCUT2D eigenvalue weighted by Gasteiger charge is 2.09. The number of methoxy groups -OCH3 is 1. The quantitative estimate of drug-likeness (QED) is 0.735. The predicted octanol–water partition coefficient (Wildman–Crippen LogP) is 2.15. The summed E-state index contributed by atoms with van der Waals surface area (Å²) in [5.41, 5.74) is 1.09. The summed E-state index contributed by atoms with van der Waals surface area (Å²) in [6.45, 7) is 10.1. The SMILES string of the molecule is COCCNCc1ccn(CCSC(C)(C)C)n1. The van der Waals surface area contributed by atoms with Crippen molar-refractivity contribution >= 4 is 11.8 Å². The number of hydrogen-bond donors (Lipinski definition) is 1. The van der Waals surface area contributed by atoms with E-state index in [1.807, 2.05) is 16.4 Å². The van der Waals surface area contributed by atoms with E-state index in [2.05, 4.69) is 43.4 Å². The van der Waals surface area contributed by atoms with Gasteiger partial charge in [0.2, 0.25) is 0 Å². The molecule has 1 heterocycles. The minimum Gasteiger partial charge on any atom is -0.383 e. The van der Waals surface area contributed by atoms with Crippen LogP contribution in [0, 0.1) is 0 Å². The molecule has 0 aliphatic carbocycles. The fourth-order valence-corrected chi connectivity index (χ4v) is 2.35. The average molecular weight is 271 g/mol. The third-order valence-corrected chi connectivity index (χ3v) is 3.59. The molecule has 0 saturated heterocycles. The number of nitrogens with zero attached hydrogens (tertiary/aromatic N) is 2. The lowest BCUT2D eigenvalue weighted by atomic mass is 10.3. The molecule has 1 aromatic heterocycles. The molecule has 0 aromatic carbocycles. The van der Waals surface area contributed by atoms with Crippen molar-refractivity contribution in [3.8, 4) is 0 Å². The minimum atomic E-state index is 0.331. The molecular formula is C13H25N3OS. The molecule has 0 fully saturated rings. The Labute approximate surface area is 114 Å². The highest BCUT2D eigenvalue weighted by atomic mass is 32.2. The van der Waals surface area contributed by atoms with Gasteiger partial charge in [-0.3, -0.25) is 4.68 Å². The van der Waals surface area contributed by atoms with Gasteiger partial charge in [0.25, 0.3) is 0 Å². The van der Waals surface area contributed by atoms with Gasteiger partial charge < -0.3 is 10.1 Å². The van der Waals surface area contributed by atoms with Crippen LogP contribution in [0.3, 0.4) is 0 Å². The number of nitrogens with one attached hydrogen (secondary N) is 1. The lowest BCUT2D eigenvalue weighted by molar-refractivity contribution is 0.199. The molecule has 18 heavy (non-hydrogen) atoms. The normalized spacial score (nSPS) is 12.0. The molecule has 0 amide bonds. The van der Waals surface area contributed by atoms with Crippen LogP contribution in [0.15, 0.2) is 12.3 Å². The van der Waals surface area contributed by atoms with Gasteiger partial charge in [-0.1, -0.05) is 20.8 Å². The number of aromatic nitrogens is 2. The van der Waals surface area contributed by atoms with Crippen LogP contribution in [-0.4, -0.2) is 40.5 Å². The van der Waals surface area contributed by atoms with E-state index in [9.17, 15) is 0 Å². The molecule has 5 heteroatoms. The van der Waals surface area contributed by atoms with Gasteiger partial charge >= 0.3 is 0 Å². The first-order valence-electron chi connectivity index (χ1n) is 6.37. The standard InChI is InChI=1S/C13H25N3OS/c1-13(2,3)18-10-8-16-7-5-12(15-16)11-14-6-9-17-4/h5,7,14H,6,8-11H2,1-4H3. The second-order valence-corrected chi connectivity index (χ2v) is 7.12. The van der Waals surface area contributed by atoms with Crippen molar-refractivity contribution in [2.45, 2.75) is 38.6 Å². The van der Waals surface area contributed by atoms with Crippen molar-refractivity contribution in [2.24, 2.45) is 0 Å². The van der Waals surface area contributed by atoms with Crippen molar-refractivity contribution in [1.82, 2.24) is 15.1 Å². The Morgan fingerprint density at radius 2 is 2.22 bits per heavy atom. The van der Waals surface area contributed by atoms with Gasteiger partial charge in [-0.25, -0.2) is 0 Å². The summed E-state index contributed by atoms with van der Waals surface area (Å²) < 4.78 is 7.33. The van der Waals surface area contributed by atoms with Gasteiger partial charge in [0.15, 0.2) is 0 Å². The second kappa shape index (κ2) is 7.81. The van der Waals surface area contributed by atoms with E-state index in [0.29, 0.717) is 4.75 Å². The van der Waals surface area contributed by atoms with E-state index >= 15 is 0 Å². The van der Waals surface area contributed by atoms with Gasteiger partial charge in [-0.15, -0.1) is 0 Å². The zero-order valence-electron chi connectivity index (χ0n) is 11.9. The summed E-state index contributed by atoms with van der Waals surface area (Å²) in [6, 6.07) is 2.07. The van der Waals surface area contributed by atoms with Gasteiger partial charge in [0, 0.05) is 43.4 Å². The number of hydrogen-bond acceptors (Lipinski definition) is 4. The molecule has 1 rings (SSSR count). The van der Waals surface area contributed by atoms with Crippen LogP contribution in [0.5, 0.6) is 0 Å². The van der Waals surface area contributed by atoms with Crippen LogP contribution >= 0.6 is 11.8 Å². The van der Waals surface area contributed by atoms with Gasteiger partial charge in [0.05, 0.1) is 12.3 Å². The first-order valence-corrected chi connectivity index (χ1v) is 7.36. The Morgan fingerprint density at radius 1 is 1.44 bits per heavy atom. The number of rotatable bonds is 8. The van der Waals surface area contributed by atoms with Crippen molar-refractivity contribution in [1.29, 1.82) is 0 Å². The van der Waals surface area contributed by atoms with Gasteiger partial charge in [-0.2, -0.15) is 16.9 Å². The van der Waals surface area contributed by atoms with E-state index in [0.717, 1.165) is 37.7 Å². The Kier molecular flexibility index (Phi) is 6.75. The molecule has 0 aliphatic heterocycles. The first-order chi connectivity index (χ1) is 8.51. The Morgan fingerprint density at radius 3 is 2.89 bits per heavy atom. The molecular weight excluding hydrogens is 246 g/mol. The third kappa shape index (κ3) is 7.03. The molecule has 0 bridgehead atoms. The monoisotopic (exact) mass is 271 g/mol. The zero-order chi connectivity index (χ0) is 13.4. The summed E-state index contributed by atoms with van der Waals surface area (Å²) in [6.07, 6.45) is 2.05. The minimum absolute atomic E-state index is 0.331. The van der Waals surface area contributed by atoms with Gasteiger partial charge in [0.1, 0.15) is 0 Å². The predicted molar refractivity (Wildman–Crippen MR) is 78.0 cm³/mol. The largest absolute Gasteiger partial charge is 0.383 e. The van der Waals surface area contributed by atoms with E-state index in [1.165, 1.54) is 0 Å². The fraction of sp³-hybridized carbons (Fsp3) is 0.769. The summed E-state index contributed by atoms with van der Waals surface area (Å²) >= 11 is 1.97. The van der Waals surface area contributed by atoms with Crippen LogP contribution < -0.4 is 5.32 Å². The van der Waals surface area contributed by atoms with E-state index in [1.54, 1.807) is 7.11 Å². The molecule has 4 nitrogen and oxygen atoms in total. The van der Waals surface area contributed by atoms with Crippen LogP contribution in [0.4, 0.5) is 0 Å². The molecule has 0 radical (unpaired) electrons. The second-order valence-electron chi connectivity index (χ2n) is 5.20. The van der Waals surface area contributed by atoms with Crippen LogP contribution in [0.25, 0.3) is 0 Å². The lowest BCUT2D eigenvalue weighted by Crippen LogP contribution is -2.19. The molecule has 0 unspecified atom stereocenters. The van der Waals surface area contributed by atoms with Crippen molar-refractivity contribution in [3.05, 3.63) is 18.0 Å². The van der Waals surface area contributed by atoms with Crippen LogP contribution in [0.1, 0.15) is 26.5 Å². The fourth-order valence-electron chi connectivity index (χ4n) is 1.46. The summed E-state index contributed by atoms with van der Waals surface area (Å²) in [7, 11) is 1.71. The van der Waals surface area contributed by atoms with E-state index in [-0.39, 0.29) is 0 Å². The number of ether oxygens (including phenoxy) is 1. The van der Waals surface area contributed by atoms with Crippen molar-refractivity contribution in [3.63, 3.8) is 0 Å². The Hall–Kier alpha value is -0.520. The molecule has 0 aliphatic rings. The Balaban J connectivity index is 2.21. The molecule has 1 N–H and O–H groups in total. The van der Waals surface area contributed by atoms with Crippen LogP contribution in [-0.2, 0) is 17.8 Å². The lowest BCUT2D eigenvalue weighted by Gasteiger charge is -2.17. The van der Waals surface area contributed by atoms with Gasteiger partial charge in [-0.05, 0) is 6.07 Å². The molecule has 104 valence electrons. The third-order valence-electron chi connectivity index (χ3n) is 2.34. The molecule has 0 spiro atoms. The number of aryl methyl sites for hydroxylation is 1. The highest BCUT2D eigenvalue weighted by Crippen LogP contribution is 2.22. The smallest absolute Gasteiger partial charge is 0.0762 e. The maximum absolute atomic E-state index is 4.98. The highest BCUT2D eigenvalue weighted by molar-refractivity contribution is 8.00. The maximum atomic E-state index is 4.98. The first kappa shape index (κ1) is 15.5.